The molecule has 26 nitrogen and oxygen atoms in total. The lowest BCUT2D eigenvalue weighted by Crippen LogP contribution is -2.73. The first-order chi connectivity index (χ1) is 32.2. The van der Waals surface area contributed by atoms with Gasteiger partial charge < -0.3 is 65.7 Å². The maximum Gasteiger partial charge on any atom is 0.246 e. The van der Waals surface area contributed by atoms with Crippen LogP contribution in [-0.4, -0.2) is 218 Å². The summed E-state index contributed by atoms with van der Waals surface area (Å²) in [6, 6.07) is -1.61. The zero-order chi connectivity index (χ0) is 51.0. The summed E-state index contributed by atoms with van der Waals surface area (Å²) < 4.78 is 22.7. The average Bonchev–Trinajstić information content (AvgIpc) is 3.30. The Morgan fingerprint density at radius 3 is 1.72 bits per heavy atom. The summed E-state index contributed by atoms with van der Waals surface area (Å²) in [6.45, 7) is 4.15. The molecule has 0 aromatic heterocycles. The molecule has 12 N–H and O–H groups in total. The summed E-state index contributed by atoms with van der Waals surface area (Å²) in [5.41, 5.74) is 0. The van der Waals surface area contributed by atoms with Gasteiger partial charge in [0.25, 0.3) is 0 Å². The van der Waals surface area contributed by atoms with Crippen molar-refractivity contribution in [3.63, 3.8) is 0 Å². The van der Waals surface area contributed by atoms with Crippen LogP contribution in [0.3, 0.4) is 0 Å². The van der Waals surface area contributed by atoms with Gasteiger partial charge in [0.2, 0.25) is 41.2 Å². The van der Waals surface area contributed by atoms with Gasteiger partial charge in [0.15, 0.2) is 12.1 Å². The van der Waals surface area contributed by atoms with E-state index in [1.165, 1.54) is 13.8 Å². The summed E-state index contributed by atoms with van der Waals surface area (Å²) in [6.07, 6.45) is -8.91. The second kappa shape index (κ2) is 31.2. The Kier molecular flexibility index (Phi) is 27.6. The Labute approximate surface area is 395 Å². The number of methoxy groups -OCH3 is 1. The molecular formula is C42H75N7O19. The van der Waals surface area contributed by atoms with Gasteiger partial charge in [-0.25, -0.2) is 15.2 Å². The number of rotatable bonds is 32. The Morgan fingerprint density at radius 1 is 0.691 bits per heavy atom. The summed E-state index contributed by atoms with van der Waals surface area (Å²) in [4.78, 5) is 85.2. The van der Waals surface area contributed by atoms with Gasteiger partial charge in [-0.3, -0.25) is 49.2 Å². The monoisotopic (exact) mass is 982 g/mol. The van der Waals surface area contributed by atoms with Crippen molar-refractivity contribution in [2.45, 2.75) is 165 Å². The molecule has 0 aliphatic carbocycles. The molecule has 2 aliphatic heterocycles. The van der Waals surface area contributed by atoms with Gasteiger partial charge in [-0.15, -0.1) is 0 Å². The fourth-order valence-electron chi connectivity index (χ4n) is 7.37. The standard InChI is InChI=1S/C42H75N7O19/c1-26-35(58)36(59)38(68-41-39(46-27(2)51)42(61,65-4)40(60)30(67-41)17-24-50)37(66-26)29(53)25-43-18-7-5-10-22-48(63)33(56)15-13-31(54)44-19-8-6-11-23-49(64)34(57)16-14-32(55)45-20-9-12-21-47(62)28(3)52/h26,30,35-41,43,50,58-64H,5-25H2,1-4H3,(H,44,54)(H,45,55)(H,46,51)/t26?,30?,35?,36-,37?,38+,39?,40-,41+,42-/m1/s1. The predicted octanol–water partition coefficient (Wildman–Crippen LogP) is -3.07. The van der Waals surface area contributed by atoms with E-state index < -0.39 is 103 Å². The Morgan fingerprint density at radius 2 is 1.21 bits per heavy atom. The summed E-state index contributed by atoms with van der Waals surface area (Å²) >= 11 is 0. The van der Waals surface area contributed by atoms with Gasteiger partial charge in [-0.1, -0.05) is 6.42 Å². The van der Waals surface area contributed by atoms with Crippen molar-refractivity contribution in [1.29, 1.82) is 0 Å². The molecule has 2 aliphatic rings. The first-order valence-electron chi connectivity index (χ1n) is 23.1. The van der Waals surface area contributed by atoms with Crippen LogP contribution in [0.25, 0.3) is 0 Å². The number of Topliss-reactive ketones (excluding diaryl/α,β-unsaturated/α-hetero) is 1. The van der Waals surface area contributed by atoms with E-state index in [9.17, 15) is 74.7 Å². The Hall–Kier alpha value is -4.03. The quantitative estimate of drug-likeness (QED) is 0.0138. The highest BCUT2D eigenvalue weighted by Crippen LogP contribution is 2.35. The van der Waals surface area contributed by atoms with E-state index in [1.54, 1.807) is 0 Å². The molecule has 68 heavy (non-hydrogen) atoms. The molecule has 26 heteroatoms. The van der Waals surface area contributed by atoms with Crippen LogP contribution in [0.15, 0.2) is 0 Å². The van der Waals surface area contributed by atoms with Crippen LogP contribution >= 0.6 is 0 Å². The summed E-state index contributed by atoms with van der Waals surface area (Å²) in [5, 5.41) is 95.1. The highest BCUT2D eigenvalue weighted by Gasteiger charge is 2.59. The number of hydrogen-bond acceptors (Lipinski definition) is 20. The van der Waals surface area contributed by atoms with E-state index in [4.69, 9.17) is 18.9 Å². The lowest BCUT2D eigenvalue weighted by atomic mass is 9.89. The van der Waals surface area contributed by atoms with Crippen LogP contribution in [0.4, 0.5) is 0 Å². The van der Waals surface area contributed by atoms with Crippen molar-refractivity contribution in [1.82, 2.24) is 36.5 Å². The minimum Gasteiger partial charge on any atom is -0.396 e. The molecule has 5 unspecified atom stereocenters. The third-order valence-electron chi connectivity index (χ3n) is 11.4. The largest absolute Gasteiger partial charge is 0.396 e. The van der Waals surface area contributed by atoms with Crippen molar-refractivity contribution in [3.8, 4) is 0 Å². The third kappa shape index (κ3) is 20.1. The van der Waals surface area contributed by atoms with Crippen LogP contribution in [0, 0.1) is 0 Å². The van der Waals surface area contributed by atoms with Crippen molar-refractivity contribution in [3.05, 3.63) is 0 Å². The molecule has 2 fully saturated rings. The normalized spacial score (nSPS) is 25.8. The van der Waals surface area contributed by atoms with Gasteiger partial charge in [-0.05, 0) is 64.8 Å². The van der Waals surface area contributed by atoms with Gasteiger partial charge in [0.1, 0.15) is 36.6 Å². The van der Waals surface area contributed by atoms with E-state index in [0.29, 0.717) is 86.2 Å². The number of carbonyl (C=O) groups excluding carboxylic acids is 7. The molecular weight excluding hydrogens is 906 g/mol. The zero-order valence-electron chi connectivity index (χ0n) is 39.5. The SMILES string of the molecule is CO[C@]1(O)C(NC(C)=O)[C@H](O[C@@H]2C(C(=O)CNCCCCCN(O)C(=O)CCC(=O)NCCCCCN(O)C(=O)CCC(=O)NCCCCN(O)C(C)=O)OC(C)C(O)[C@H]2O)OC(CCO)[C@H]1O. The number of carbonyl (C=O) groups is 7. The molecule has 2 saturated heterocycles. The molecule has 2 rings (SSSR count). The number of amides is 6. The second-order valence-corrected chi connectivity index (χ2v) is 16.8. The van der Waals surface area contributed by atoms with E-state index in [1.807, 2.05) is 0 Å². The van der Waals surface area contributed by atoms with Crippen LogP contribution < -0.4 is 21.3 Å². The van der Waals surface area contributed by atoms with Crippen LogP contribution in [0.2, 0.25) is 0 Å². The molecule has 0 bridgehead atoms. The number of ketones is 1. The van der Waals surface area contributed by atoms with Crippen molar-refractivity contribution >= 4 is 41.2 Å². The van der Waals surface area contributed by atoms with Gasteiger partial charge in [0.05, 0.1) is 18.8 Å². The average molecular weight is 982 g/mol. The molecule has 2 heterocycles. The number of ether oxygens (including phenoxy) is 4. The molecule has 0 aromatic carbocycles. The number of unbranched alkanes of at least 4 members (excludes halogenated alkanes) is 5. The number of nitrogens with zero attached hydrogens (tertiary/aromatic N) is 3. The minimum atomic E-state index is -2.50. The third-order valence-corrected chi connectivity index (χ3v) is 11.4. The number of hydroxylamine groups is 6. The lowest BCUT2D eigenvalue weighted by molar-refractivity contribution is -0.377. The van der Waals surface area contributed by atoms with Crippen LogP contribution in [0.1, 0.15) is 104 Å². The molecule has 10 atom stereocenters. The fourth-order valence-corrected chi connectivity index (χ4v) is 7.37. The molecule has 0 saturated carbocycles. The molecule has 0 aromatic rings. The highest BCUT2D eigenvalue weighted by molar-refractivity contribution is 5.86. The van der Waals surface area contributed by atoms with Crippen molar-refractivity contribution in [2.24, 2.45) is 0 Å². The first-order valence-corrected chi connectivity index (χ1v) is 23.1. The minimum absolute atomic E-state index is 0.00367. The van der Waals surface area contributed by atoms with E-state index in [0.717, 1.165) is 14.0 Å². The number of hydrogen-bond donors (Lipinski definition) is 12. The maximum absolute atomic E-state index is 13.4. The topological polar surface area (TPSA) is 376 Å². The van der Waals surface area contributed by atoms with E-state index >= 15 is 0 Å². The van der Waals surface area contributed by atoms with Gasteiger partial charge in [-0.2, -0.15) is 0 Å². The second-order valence-electron chi connectivity index (χ2n) is 16.8. The van der Waals surface area contributed by atoms with E-state index in [-0.39, 0.29) is 64.2 Å². The van der Waals surface area contributed by atoms with Crippen LogP contribution in [0.5, 0.6) is 0 Å². The fraction of sp³-hybridized carbons (Fsp3) is 0.833. The maximum atomic E-state index is 13.4. The van der Waals surface area contributed by atoms with Crippen LogP contribution in [-0.2, 0) is 52.5 Å². The smallest absolute Gasteiger partial charge is 0.246 e. The first kappa shape index (κ1) is 60.1. The van der Waals surface area contributed by atoms with Gasteiger partial charge >= 0.3 is 0 Å². The number of aliphatic hydroxyl groups is 5. The molecule has 6 amide bonds. The van der Waals surface area contributed by atoms with Crippen molar-refractivity contribution in [2.75, 3.05) is 59.5 Å². The molecule has 0 spiro atoms. The lowest BCUT2D eigenvalue weighted by Gasteiger charge is -2.51. The number of aliphatic hydroxyl groups excluding tert-OH is 4. The predicted molar refractivity (Wildman–Crippen MR) is 233 cm³/mol. The summed E-state index contributed by atoms with van der Waals surface area (Å²) in [7, 11) is 1.06. The van der Waals surface area contributed by atoms with Gasteiger partial charge in [0, 0.05) is 86.0 Å². The van der Waals surface area contributed by atoms with E-state index in [2.05, 4.69) is 21.3 Å². The highest BCUT2D eigenvalue weighted by atomic mass is 16.7. The Balaban J connectivity index is 1.65. The van der Waals surface area contributed by atoms with Crippen molar-refractivity contribution < 1.29 is 93.7 Å². The zero-order valence-corrected chi connectivity index (χ0v) is 39.5. The molecule has 0 radical (unpaired) electrons. The number of nitrogens with one attached hydrogen (secondary N) is 4. The summed E-state index contributed by atoms with van der Waals surface area (Å²) in [5.74, 6) is -6.26. The Bertz CT molecular complexity index is 1600. The molecule has 392 valence electrons.